The number of hydrogen-bond acceptors (Lipinski definition) is 5. The molecule has 0 aromatic carbocycles. The highest BCUT2D eigenvalue weighted by atomic mass is 32.2. The Kier molecular flexibility index (Phi) is 7.27. The van der Waals surface area contributed by atoms with Crippen molar-refractivity contribution in [2.24, 2.45) is 5.84 Å². The molecular formula is C11H21N5O2S. The Balaban J connectivity index is 2.22. The Labute approximate surface area is 116 Å². The molecule has 0 fully saturated rings. The highest BCUT2D eigenvalue weighted by Crippen LogP contribution is 2.16. The highest BCUT2D eigenvalue weighted by molar-refractivity contribution is 7.99. The molecule has 0 saturated carbocycles. The van der Waals surface area contributed by atoms with Crippen molar-refractivity contribution < 1.29 is 4.79 Å². The van der Waals surface area contributed by atoms with Crippen molar-refractivity contribution in [3.05, 3.63) is 10.5 Å². The summed E-state index contributed by atoms with van der Waals surface area (Å²) in [6.07, 6.45) is 4.13. The minimum absolute atomic E-state index is 0.128. The van der Waals surface area contributed by atoms with E-state index in [9.17, 15) is 9.59 Å². The fourth-order valence-electron chi connectivity index (χ4n) is 1.63. The van der Waals surface area contributed by atoms with Gasteiger partial charge in [-0.25, -0.2) is 15.7 Å². The third-order valence-electron chi connectivity index (χ3n) is 2.61. The van der Waals surface area contributed by atoms with Crippen LogP contribution in [-0.4, -0.2) is 26.4 Å². The van der Waals surface area contributed by atoms with Crippen LogP contribution < -0.4 is 17.0 Å². The van der Waals surface area contributed by atoms with Crippen LogP contribution in [0.3, 0.4) is 0 Å². The lowest BCUT2D eigenvalue weighted by Crippen LogP contribution is -2.29. The van der Waals surface area contributed by atoms with E-state index in [1.807, 2.05) is 6.92 Å². The van der Waals surface area contributed by atoms with Gasteiger partial charge in [0.2, 0.25) is 5.91 Å². The summed E-state index contributed by atoms with van der Waals surface area (Å²) in [4.78, 5) is 22.3. The van der Waals surface area contributed by atoms with Gasteiger partial charge in [0.05, 0.1) is 0 Å². The lowest BCUT2D eigenvalue weighted by molar-refractivity contribution is -0.121. The van der Waals surface area contributed by atoms with E-state index in [2.05, 4.69) is 15.6 Å². The number of unbranched alkanes of at least 4 members (excludes halogenated alkanes) is 2. The third kappa shape index (κ3) is 5.48. The first-order valence-electron chi connectivity index (χ1n) is 6.46. The average Bonchev–Trinajstić information content (AvgIpc) is 2.75. The van der Waals surface area contributed by atoms with Crippen molar-refractivity contribution >= 4 is 17.7 Å². The molecule has 1 heterocycles. The predicted octanol–water partition coefficient (Wildman–Crippen LogP) is 0.624. The minimum Gasteiger partial charge on any atom is -0.294 e. The molecule has 0 saturated heterocycles. The third-order valence-corrected chi connectivity index (χ3v) is 3.67. The molecule has 1 amide bonds. The van der Waals surface area contributed by atoms with E-state index in [4.69, 9.17) is 5.84 Å². The zero-order chi connectivity index (χ0) is 14.1. The Morgan fingerprint density at radius 1 is 1.47 bits per heavy atom. The molecule has 108 valence electrons. The van der Waals surface area contributed by atoms with Crippen LogP contribution in [0.15, 0.2) is 9.95 Å². The Bertz CT molecular complexity index is 443. The number of carbonyl (C=O) groups excluding carboxylic acids is 1. The number of hydrogen-bond donors (Lipinski definition) is 3. The maximum Gasteiger partial charge on any atom is 0.343 e. The number of aromatic amines is 1. The van der Waals surface area contributed by atoms with Gasteiger partial charge in [-0.15, -0.1) is 5.10 Å². The maximum atomic E-state index is 11.4. The fourth-order valence-corrected chi connectivity index (χ4v) is 2.61. The fraction of sp³-hybridized carbons (Fsp3) is 0.727. The van der Waals surface area contributed by atoms with Gasteiger partial charge >= 0.3 is 5.69 Å². The first-order valence-corrected chi connectivity index (χ1v) is 7.45. The summed E-state index contributed by atoms with van der Waals surface area (Å²) in [5.41, 5.74) is 1.96. The summed E-state index contributed by atoms with van der Waals surface area (Å²) in [6.45, 7) is 2.71. The molecule has 4 N–H and O–H groups in total. The van der Waals surface area contributed by atoms with Gasteiger partial charge in [0, 0.05) is 18.7 Å². The molecule has 1 aromatic heterocycles. The van der Waals surface area contributed by atoms with Crippen molar-refractivity contribution in [1.29, 1.82) is 0 Å². The number of nitrogens with one attached hydrogen (secondary N) is 2. The van der Waals surface area contributed by atoms with Gasteiger partial charge in [0.15, 0.2) is 5.16 Å². The minimum atomic E-state index is -0.149. The number of carbonyl (C=O) groups is 1. The van der Waals surface area contributed by atoms with E-state index in [0.29, 0.717) is 13.0 Å². The number of nitrogens with two attached hydrogens (primary N) is 1. The van der Waals surface area contributed by atoms with Gasteiger partial charge < -0.3 is 0 Å². The summed E-state index contributed by atoms with van der Waals surface area (Å²) in [6, 6.07) is 0. The first-order chi connectivity index (χ1) is 9.19. The van der Waals surface area contributed by atoms with Gasteiger partial charge in [-0.3, -0.25) is 14.8 Å². The number of H-pyrrole nitrogens is 1. The molecule has 0 bridgehead atoms. The van der Waals surface area contributed by atoms with E-state index in [-0.39, 0.29) is 11.6 Å². The van der Waals surface area contributed by atoms with Crippen LogP contribution in [0.1, 0.15) is 39.0 Å². The van der Waals surface area contributed by atoms with Gasteiger partial charge in [0.1, 0.15) is 0 Å². The zero-order valence-electron chi connectivity index (χ0n) is 11.1. The molecule has 19 heavy (non-hydrogen) atoms. The van der Waals surface area contributed by atoms with E-state index >= 15 is 0 Å². The number of thioether (sulfide) groups is 1. The number of rotatable bonds is 9. The van der Waals surface area contributed by atoms with Crippen LogP contribution in [-0.2, 0) is 11.3 Å². The van der Waals surface area contributed by atoms with Crippen LogP contribution in [0.2, 0.25) is 0 Å². The summed E-state index contributed by atoms with van der Waals surface area (Å²) in [5, 5.41) is 7.21. The van der Waals surface area contributed by atoms with Gasteiger partial charge in [-0.05, 0) is 19.3 Å². The molecule has 0 aliphatic carbocycles. The maximum absolute atomic E-state index is 11.4. The molecule has 0 spiro atoms. The molecular weight excluding hydrogens is 266 g/mol. The molecule has 0 unspecified atom stereocenters. The molecule has 7 nitrogen and oxygen atoms in total. The Morgan fingerprint density at radius 3 is 2.95 bits per heavy atom. The van der Waals surface area contributed by atoms with Crippen LogP contribution in [0.25, 0.3) is 0 Å². The molecule has 0 radical (unpaired) electrons. The highest BCUT2D eigenvalue weighted by Gasteiger charge is 2.07. The molecule has 0 aliphatic heterocycles. The SMILES string of the molecule is CCCn1c(SCCCCCC(=O)NN)n[nH]c1=O. The standard InChI is InChI=1S/C11H21N5O2S/c1-2-7-16-10(18)14-15-11(16)19-8-5-3-4-6-9(17)13-12/h2-8,12H2,1H3,(H,13,17)(H,14,18). The van der Waals surface area contributed by atoms with Crippen molar-refractivity contribution in [3.63, 3.8) is 0 Å². The monoisotopic (exact) mass is 287 g/mol. The van der Waals surface area contributed by atoms with Crippen LogP contribution in [0.5, 0.6) is 0 Å². The summed E-state index contributed by atoms with van der Waals surface area (Å²) >= 11 is 1.57. The quantitative estimate of drug-likeness (QED) is 0.203. The molecule has 0 atom stereocenters. The lowest BCUT2D eigenvalue weighted by Gasteiger charge is -2.03. The van der Waals surface area contributed by atoms with Crippen molar-refractivity contribution in [2.75, 3.05) is 5.75 Å². The number of amides is 1. The van der Waals surface area contributed by atoms with Crippen molar-refractivity contribution in [1.82, 2.24) is 20.2 Å². The predicted molar refractivity (Wildman–Crippen MR) is 74.7 cm³/mol. The first kappa shape index (κ1) is 15.8. The Hall–Kier alpha value is -1.28. The number of aromatic nitrogens is 3. The van der Waals surface area contributed by atoms with E-state index in [1.165, 1.54) is 0 Å². The van der Waals surface area contributed by atoms with E-state index in [0.717, 1.165) is 36.6 Å². The van der Waals surface area contributed by atoms with Gasteiger partial charge in [0.25, 0.3) is 0 Å². The summed E-state index contributed by atoms with van der Waals surface area (Å²) in [7, 11) is 0. The topological polar surface area (TPSA) is 106 Å². The van der Waals surface area contributed by atoms with E-state index in [1.54, 1.807) is 16.3 Å². The second-order valence-electron chi connectivity index (χ2n) is 4.19. The van der Waals surface area contributed by atoms with Crippen LogP contribution in [0.4, 0.5) is 0 Å². The summed E-state index contributed by atoms with van der Waals surface area (Å²) in [5.74, 6) is 5.75. The van der Waals surface area contributed by atoms with Crippen molar-refractivity contribution in [2.45, 2.75) is 50.7 Å². The number of hydrazine groups is 1. The number of nitrogens with zero attached hydrogens (tertiary/aromatic N) is 2. The summed E-state index contributed by atoms with van der Waals surface area (Å²) < 4.78 is 1.66. The average molecular weight is 287 g/mol. The largest absolute Gasteiger partial charge is 0.343 e. The second-order valence-corrected chi connectivity index (χ2v) is 5.25. The van der Waals surface area contributed by atoms with Gasteiger partial charge in [-0.1, -0.05) is 25.1 Å². The Morgan fingerprint density at radius 2 is 2.26 bits per heavy atom. The van der Waals surface area contributed by atoms with Crippen LogP contribution >= 0.6 is 11.8 Å². The molecule has 1 aromatic rings. The second kappa shape index (κ2) is 8.76. The van der Waals surface area contributed by atoms with Gasteiger partial charge in [-0.2, -0.15) is 0 Å². The molecule has 1 rings (SSSR count). The van der Waals surface area contributed by atoms with Crippen LogP contribution in [0, 0.1) is 0 Å². The normalized spacial score (nSPS) is 10.6. The lowest BCUT2D eigenvalue weighted by atomic mass is 10.2. The molecule has 8 heteroatoms. The smallest absolute Gasteiger partial charge is 0.294 e. The zero-order valence-corrected chi connectivity index (χ0v) is 12.0. The molecule has 0 aliphatic rings. The van der Waals surface area contributed by atoms with E-state index < -0.39 is 0 Å². The van der Waals surface area contributed by atoms with Crippen molar-refractivity contribution in [3.8, 4) is 0 Å².